The van der Waals surface area contributed by atoms with Crippen LogP contribution in [0.15, 0.2) is 30.3 Å². The van der Waals surface area contributed by atoms with Crippen LogP contribution in [0.3, 0.4) is 0 Å². The number of aryl methyl sites for hydroxylation is 2. The van der Waals surface area contributed by atoms with Crippen molar-refractivity contribution in [3.05, 3.63) is 52.8 Å². The maximum absolute atomic E-state index is 5.63. The van der Waals surface area contributed by atoms with E-state index in [1.54, 1.807) is 6.07 Å². The van der Waals surface area contributed by atoms with Crippen LogP contribution < -0.4 is 11.1 Å². The molecule has 0 fully saturated rings. The standard InChI is InChI=1S/C15H18N4S/c1-9-6-4-5-7-12(9)11(3)18-15-17-10(2)8-13(19-15)14(16)20/h4-8,11H,1-3H3,(H2,16,20)(H,17,18,19). The summed E-state index contributed by atoms with van der Waals surface area (Å²) in [5.41, 5.74) is 9.50. The van der Waals surface area contributed by atoms with Gasteiger partial charge in [0.25, 0.3) is 0 Å². The van der Waals surface area contributed by atoms with Crippen LogP contribution in [0.2, 0.25) is 0 Å². The highest BCUT2D eigenvalue weighted by molar-refractivity contribution is 7.80. The van der Waals surface area contributed by atoms with Gasteiger partial charge in [-0.2, -0.15) is 0 Å². The summed E-state index contributed by atoms with van der Waals surface area (Å²) < 4.78 is 0. The minimum Gasteiger partial charge on any atom is -0.388 e. The summed E-state index contributed by atoms with van der Waals surface area (Å²) in [5.74, 6) is 0.545. The molecule has 3 N–H and O–H groups in total. The third-order valence-corrected chi connectivity index (χ3v) is 3.32. The average Bonchev–Trinajstić information content (AvgIpc) is 2.38. The minimum atomic E-state index is 0.109. The van der Waals surface area contributed by atoms with Gasteiger partial charge in [-0.05, 0) is 38.0 Å². The second-order valence-corrected chi connectivity index (χ2v) is 5.24. The zero-order valence-corrected chi connectivity index (χ0v) is 12.7. The summed E-state index contributed by atoms with van der Waals surface area (Å²) in [5, 5.41) is 3.30. The molecule has 0 aliphatic rings. The molecule has 1 unspecified atom stereocenters. The molecule has 20 heavy (non-hydrogen) atoms. The molecule has 4 nitrogen and oxygen atoms in total. The van der Waals surface area contributed by atoms with Gasteiger partial charge in [-0.1, -0.05) is 36.5 Å². The van der Waals surface area contributed by atoms with E-state index in [4.69, 9.17) is 18.0 Å². The first-order valence-electron chi connectivity index (χ1n) is 6.45. The number of nitrogens with one attached hydrogen (secondary N) is 1. The van der Waals surface area contributed by atoms with E-state index in [0.717, 1.165) is 5.69 Å². The zero-order chi connectivity index (χ0) is 14.7. The molecule has 1 aromatic carbocycles. The topological polar surface area (TPSA) is 63.8 Å². The molecule has 1 atom stereocenters. The highest BCUT2D eigenvalue weighted by atomic mass is 32.1. The van der Waals surface area contributed by atoms with Gasteiger partial charge in [-0.3, -0.25) is 0 Å². The second-order valence-electron chi connectivity index (χ2n) is 4.81. The fourth-order valence-corrected chi connectivity index (χ4v) is 2.21. The molecule has 5 heteroatoms. The number of aromatic nitrogens is 2. The van der Waals surface area contributed by atoms with E-state index in [9.17, 15) is 0 Å². The quantitative estimate of drug-likeness (QED) is 0.846. The monoisotopic (exact) mass is 286 g/mol. The van der Waals surface area contributed by atoms with Crippen LogP contribution in [0.4, 0.5) is 5.95 Å². The molecule has 2 aromatic rings. The van der Waals surface area contributed by atoms with E-state index in [-0.39, 0.29) is 11.0 Å². The van der Waals surface area contributed by atoms with Crippen LogP contribution in [-0.4, -0.2) is 15.0 Å². The van der Waals surface area contributed by atoms with Gasteiger partial charge in [-0.15, -0.1) is 0 Å². The highest BCUT2D eigenvalue weighted by Crippen LogP contribution is 2.20. The summed E-state index contributed by atoms with van der Waals surface area (Å²) in [7, 11) is 0. The van der Waals surface area contributed by atoms with Crippen molar-refractivity contribution in [1.82, 2.24) is 9.97 Å². The molecule has 2 rings (SSSR count). The SMILES string of the molecule is Cc1cc(C(N)=S)nc(NC(C)c2ccccc2C)n1. The summed E-state index contributed by atoms with van der Waals surface area (Å²) >= 11 is 4.97. The number of benzene rings is 1. The second kappa shape index (κ2) is 5.96. The fourth-order valence-electron chi connectivity index (χ4n) is 2.10. The number of rotatable bonds is 4. The Morgan fingerprint density at radius 1 is 1.25 bits per heavy atom. The molecule has 0 amide bonds. The lowest BCUT2D eigenvalue weighted by Crippen LogP contribution is -2.16. The van der Waals surface area contributed by atoms with Crippen LogP contribution in [0.1, 0.15) is 35.5 Å². The molecule has 0 spiro atoms. The summed E-state index contributed by atoms with van der Waals surface area (Å²) in [6, 6.07) is 10.1. The van der Waals surface area contributed by atoms with Crippen LogP contribution in [-0.2, 0) is 0 Å². The van der Waals surface area contributed by atoms with Crippen molar-refractivity contribution in [2.45, 2.75) is 26.8 Å². The summed E-state index contributed by atoms with van der Waals surface area (Å²) in [6.07, 6.45) is 0. The van der Waals surface area contributed by atoms with E-state index in [1.165, 1.54) is 11.1 Å². The van der Waals surface area contributed by atoms with Crippen LogP contribution in [0.5, 0.6) is 0 Å². The van der Waals surface area contributed by atoms with E-state index in [0.29, 0.717) is 11.6 Å². The third kappa shape index (κ3) is 3.30. The van der Waals surface area contributed by atoms with Gasteiger partial charge in [0.15, 0.2) is 0 Å². The Hall–Kier alpha value is -2.01. The van der Waals surface area contributed by atoms with Crippen molar-refractivity contribution < 1.29 is 0 Å². The Kier molecular flexibility index (Phi) is 4.29. The lowest BCUT2D eigenvalue weighted by molar-refractivity contribution is 0.848. The van der Waals surface area contributed by atoms with Gasteiger partial charge in [0, 0.05) is 5.69 Å². The molecule has 0 radical (unpaired) electrons. The average molecular weight is 286 g/mol. The maximum atomic E-state index is 5.63. The molecule has 0 bridgehead atoms. The van der Waals surface area contributed by atoms with Gasteiger partial charge in [0.2, 0.25) is 5.95 Å². The number of thiocarbonyl (C=S) groups is 1. The first kappa shape index (κ1) is 14.4. The zero-order valence-electron chi connectivity index (χ0n) is 11.8. The predicted octanol–water partition coefficient (Wildman–Crippen LogP) is 2.90. The van der Waals surface area contributed by atoms with Gasteiger partial charge < -0.3 is 11.1 Å². The summed E-state index contributed by atoms with van der Waals surface area (Å²) in [6.45, 7) is 6.06. The first-order chi connectivity index (χ1) is 9.47. The van der Waals surface area contributed by atoms with Gasteiger partial charge >= 0.3 is 0 Å². The molecule has 0 saturated heterocycles. The number of nitrogens with zero attached hydrogens (tertiary/aromatic N) is 2. The smallest absolute Gasteiger partial charge is 0.224 e. The lowest BCUT2D eigenvalue weighted by Gasteiger charge is -2.17. The van der Waals surface area contributed by atoms with E-state index in [2.05, 4.69) is 41.3 Å². The Labute approximate surface area is 124 Å². The minimum absolute atomic E-state index is 0.109. The normalized spacial score (nSPS) is 11.9. The number of nitrogens with two attached hydrogens (primary N) is 1. The maximum Gasteiger partial charge on any atom is 0.224 e. The Balaban J connectivity index is 2.26. The van der Waals surface area contributed by atoms with Crippen LogP contribution >= 0.6 is 12.2 Å². The Morgan fingerprint density at radius 2 is 1.95 bits per heavy atom. The highest BCUT2D eigenvalue weighted by Gasteiger charge is 2.11. The van der Waals surface area contributed by atoms with Crippen LogP contribution in [0, 0.1) is 13.8 Å². The molecule has 1 aromatic heterocycles. The lowest BCUT2D eigenvalue weighted by atomic mass is 10.0. The van der Waals surface area contributed by atoms with E-state index in [1.807, 2.05) is 19.1 Å². The van der Waals surface area contributed by atoms with Gasteiger partial charge in [-0.25, -0.2) is 9.97 Å². The van der Waals surface area contributed by atoms with Crippen molar-refractivity contribution in [3.8, 4) is 0 Å². The largest absolute Gasteiger partial charge is 0.388 e. The number of hydrogen-bond donors (Lipinski definition) is 2. The molecule has 0 aliphatic carbocycles. The van der Waals surface area contributed by atoms with Crippen molar-refractivity contribution in [2.75, 3.05) is 5.32 Å². The molecular weight excluding hydrogens is 268 g/mol. The Morgan fingerprint density at radius 3 is 2.60 bits per heavy atom. The molecule has 104 valence electrons. The van der Waals surface area contributed by atoms with Crippen molar-refractivity contribution in [1.29, 1.82) is 0 Å². The van der Waals surface area contributed by atoms with E-state index >= 15 is 0 Å². The van der Waals surface area contributed by atoms with Gasteiger partial charge in [0.1, 0.15) is 10.7 Å². The molecule has 0 saturated carbocycles. The van der Waals surface area contributed by atoms with Gasteiger partial charge in [0.05, 0.1) is 6.04 Å². The predicted molar refractivity (Wildman–Crippen MR) is 85.9 cm³/mol. The molecule has 1 heterocycles. The first-order valence-corrected chi connectivity index (χ1v) is 6.85. The number of anilines is 1. The van der Waals surface area contributed by atoms with Crippen molar-refractivity contribution in [2.24, 2.45) is 5.73 Å². The fraction of sp³-hybridized carbons (Fsp3) is 0.267. The molecular formula is C15H18N4S. The third-order valence-electron chi connectivity index (χ3n) is 3.11. The Bertz CT molecular complexity index is 640. The van der Waals surface area contributed by atoms with Crippen LogP contribution in [0.25, 0.3) is 0 Å². The van der Waals surface area contributed by atoms with E-state index < -0.39 is 0 Å². The summed E-state index contributed by atoms with van der Waals surface area (Å²) in [4.78, 5) is 8.99. The number of hydrogen-bond acceptors (Lipinski definition) is 4. The van der Waals surface area contributed by atoms with Crippen molar-refractivity contribution >= 4 is 23.2 Å². The molecule has 0 aliphatic heterocycles. The van der Waals surface area contributed by atoms with Crippen molar-refractivity contribution in [3.63, 3.8) is 0 Å².